The molecule has 3 aromatic rings. The minimum absolute atomic E-state index is 0.0503. The molecule has 0 aliphatic heterocycles. The maximum absolute atomic E-state index is 12.3. The lowest BCUT2D eigenvalue weighted by Gasteiger charge is -2.08. The number of benzene rings is 2. The zero-order valence-corrected chi connectivity index (χ0v) is 13.4. The van der Waals surface area contributed by atoms with Crippen molar-refractivity contribution in [1.82, 2.24) is 9.88 Å². The Morgan fingerprint density at radius 1 is 0.958 bits per heavy atom. The Morgan fingerprint density at radius 3 is 2.38 bits per heavy atom. The lowest BCUT2D eigenvalue weighted by Crippen LogP contribution is -2.25. The minimum atomic E-state index is -0.0732. The van der Waals surface area contributed by atoms with Gasteiger partial charge in [-0.05, 0) is 47.9 Å². The standard InChI is InChI=1S/C20H20N2O2/c23-15-17-8-6-16(7-9-17)10-11-21-20(24)18-4-3-5-19(14-18)22-12-1-2-13-22/h1-9,12-14,23H,10-11,15H2,(H,21,24). The highest BCUT2D eigenvalue weighted by atomic mass is 16.3. The summed E-state index contributed by atoms with van der Waals surface area (Å²) in [5.74, 6) is -0.0732. The molecule has 0 fully saturated rings. The van der Waals surface area contributed by atoms with Gasteiger partial charge in [0.25, 0.3) is 5.91 Å². The summed E-state index contributed by atoms with van der Waals surface area (Å²) in [5.41, 5.74) is 3.64. The molecule has 0 atom stereocenters. The Balaban J connectivity index is 1.58. The molecule has 0 bridgehead atoms. The molecule has 0 aliphatic rings. The van der Waals surface area contributed by atoms with Crippen molar-refractivity contribution in [3.05, 3.63) is 89.7 Å². The first-order chi connectivity index (χ1) is 11.8. The van der Waals surface area contributed by atoms with Crippen molar-refractivity contribution in [1.29, 1.82) is 0 Å². The second-order valence-corrected chi connectivity index (χ2v) is 5.62. The molecule has 2 N–H and O–H groups in total. The molecular weight excluding hydrogens is 300 g/mol. The molecule has 1 aromatic heterocycles. The molecule has 1 amide bonds. The fourth-order valence-corrected chi connectivity index (χ4v) is 2.55. The Morgan fingerprint density at radius 2 is 1.67 bits per heavy atom. The quantitative estimate of drug-likeness (QED) is 0.734. The number of hydrogen-bond acceptors (Lipinski definition) is 2. The first kappa shape index (κ1) is 16.0. The van der Waals surface area contributed by atoms with Crippen LogP contribution in [0, 0.1) is 0 Å². The third-order valence-corrected chi connectivity index (χ3v) is 3.92. The van der Waals surface area contributed by atoms with E-state index in [0.717, 1.165) is 23.2 Å². The lowest BCUT2D eigenvalue weighted by atomic mass is 10.1. The molecular formula is C20H20N2O2. The molecule has 3 rings (SSSR count). The third-order valence-electron chi connectivity index (χ3n) is 3.92. The van der Waals surface area contributed by atoms with Crippen LogP contribution in [0.15, 0.2) is 73.1 Å². The number of rotatable bonds is 6. The lowest BCUT2D eigenvalue weighted by molar-refractivity contribution is 0.0954. The molecule has 122 valence electrons. The third kappa shape index (κ3) is 3.91. The predicted molar refractivity (Wildman–Crippen MR) is 94.2 cm³/mol. The van der Waals surface area contributed by atoms with Crippen LogP contribution in [0.1, 0.15) is 21.5 Å². The number of aromatic nitrogens is 1. The van der Waals surface area contributed by atoms with Crippen LogP contribution in [0.3, 0.4) is 0 Å². The molecule has 2 aromatic carbocycles. The van der Waals surface area contributed by atoms with Gasteiger partial charge in [0.15, 0.2) is 0 Å². The van der Waals surface area contributed by atoms with Gasteiger partial charge >= 0.3 is 0 Å². The Kier molecular flexibility index (Phi) is 5.08. The van der Waals surface area contributed by atoms with Crippen LogP contribution in [0.25, 0.3) is 5.69 Å². The number of aliphatic hydroxyl groups is 1. The summed E-state index contributed by atoms with van der Waals surface area (Å²) >= 11 is 0. The van der Waals surface area contributed by atoms with E-state index in [1.165, 1.54) is 0 Å². The van der Waals surface area contributed by atoms with Crippen molar-refractivity contribution < 1.29 is 9.90 Å². The summed E-state index contributed by atoms with van der Waals surface area (Å²) in [6.07, 6.45) is 4.66. The molecule has 4 nitrogen and oxygen atoms in total. The van der Waals surface area contributed by atoms with E-state index < -0.39 is 0 Å². The van der Waals surface area contributed by atoms with Crippen LogP contribution in [0.2, 0.25) is 0 Å². The summed E-state index contributed by atoms with van der Waals surface area (Å²) in [6.45, 7) is 0.625. The smallest absolute Gasteiger partial charge is 0.251 e. The van der Waals surface area contributed by atoms with Crippen LogP contribution in [0.5, 0.6) is 0 Å². The van der Waals surface area contributed by atoms with Gasteiger partial charge in [0.05, 0.1) is 6.61 Å². The highest BCUT2D eigenvalue weighted by Crippen LogP contribution is 2.11. The molecule has 0 unspecified atom stereocenters. The van der Waals surface area contributed by atoms with Gasteiger partial charge in [0.2, 0.25) is 0 Å². The van der Waals surface area contributed by atoms with Gasteiger partial charge < -0.3 is 15.0 Å². The molecule has 4 heteroatoms. The van der Waals surface area contributed by atoms with Gasteiger partial charge in [-0.2, -0.15) is 0 Å². The molecule has 0 saturated heterocycles. The summed E-state index contributed by atoms with van der Waals surface area (Å²) < 4.78 is 1.97. The van der Waals surface area contributed by atoms with Crippen molar-refractivity contribution in [3.63, 3.8) is 0 Å². The Hall–Kier alpha value is -2.85. The minimum Gasteiger partial charge on any atom is -0.392 e. The summed E-state index contributed by atoms with van der Waals surface area (Å²) in [6, 6.07) is 19.2. The number of carbonyl (C=O) groups excluding carboxylic acids is 1. The Labute approximate surface area is 141 Å². The van der Waals surface area contributed by atoms with E-state index in [9.17, 15) is 4.79 Å². The van der Waals surface area contributed by atoms with Crippen LogP contribution in [-0.4, -0.2) is 22.1 Å². The molecule has 24 heavy (non-hydrogen) atoms. The number of nitrogens with zero attached hydrogens (tertiary/aromatic N) is 1. The van der Waals surface area contributed by atoms with E-state index in [1.807, 2.05) is 77.6 Å². The maximum atomic E-state index is 12.3. The second-order valence-electron chi connectivity index (χ2n) is 5.62. The first-order valence-electron chi connectivity index (χ1n) is 7.96. The van der Waals surface area contributed by atoms with Crippen molar-refractivity contribution in [2.75, 3.05) is 6.54 Å². The molecule has 0 aliphatic carbocycles. The van der Waals surface area contributed by atoms with Gasteiger partial charge in [0.1, 0.15) is 0 Å². The zero-order chi connectivity index (χ0) is 16.8. The van der Waals surface area contributed by atoms with E-state index in [-0.39, 0.29) is 12.5 Å². The number of aliphatic hydroxyl groups excluding tert-OH is 1. The van der Waals surface area contributed by atoms with Gasteiger partial charge in [-0.3, -0.25) is 4.79 Å². The van der Waals surface area contributed by atoms with Gasteiger partial charge in [0, 0.05) is 30.2 Å². The number of carbonyl (C=O) groups is 1. The molecule has 1 heterocycles. The number of amides is 1. The highest BCUT2D eigenvalue weighted by Gasteiger charge is 2.06. The normalized spacial score (nSPS) is 10.5. The summed E-state index contributed by atoms with van der Waals surface area (Å²) in [5, 5.41) is 12.0. The van der Waals surface area contributed by atoms with E-state index in [0.29, 0.717) is 12.1 Å². The Bertz CT molecular complexity index is 793. The van der Waals surface area contributed by atoms with E-state index in [2.05, 4.69) is 5.32 Å². The topological polar surface area (TPSA) is 54.3 Å². The molecule has 0 spiro atoms. The monoisotopic (exact) mass is 320 g/mol. The van der Waals surface area contributed by atoms with Crippen molar-refractivity contribution in [3.8, 4) is 5.69 Å². The summed E-state index contributed by atoms with van der Waals surface area (Å²) in [4.78, 5) is 12.3. The maximum Gasteiger partial charge on any atom is 0.251 e. The predicted octanol–water partition coefficient (Wildman–Crippen LogP) is 2.94. The molecule has 0 saturated carbocycles. The van der Waals surface area contributed by atoms with E-state index in [1.54, 1.807) is 0 Å². The van der Waals surface area contributed by atoms with Gasteiger partial charge in [-0.15, -0.1) is 0 Å². The molecule has 0 radical (unpaired) electrons. The first-order valence-corrected chi connectivity index (χ1v) is 7.96. The van der Waals surface area contributed by atoms with Crippen molar-refractivity contribution >= 4 is 5.91 Å². The second kappa shape index (κ2) is 7.62. The van der Waals surface area contributed by atoms with Crippen LogP contribution in [-0.2, 0) is 13.0 Å². The van der Waals surface area contributed by atoms with E-state index in [4.69, 9.17) is 5.11 Å². The van der Waals surface area contributed by atoms with Crippen LogP contribution >= 0.6 is 0 Å². The van der Waals surface area contributed by atoms with Gasteiger partial charge in [-0.25, -0.2) is 0 Å². The number of hydrogen-bond donors (Lipinski definition) is 2. The van der Waals surface area contributed by atoms with Crippen LogP contribution in [0.4, 0.5) is 0 Å². The van der Waals surface area contributed by atoms with Crippen LogP contribution < -0.4 is 5.32 Å². The average Bonchev–Trinajstić information content (AvgIpc) is 3.17. The largest absolute Gasteiger partial charge is 0.392 e. The van der Waals surface area contributed by atoms with Crippen molar-refractivity contribution in [2.24, 2.45) is 0 Å². The fourth-order valence-electron chi connectivity index (χ4n) is 2.55. The zero-order valence-electron chi connectivity index (χ0n) is 13.4. The SMILES string of the molecule is O=C(NCCc1ccc(CO)cc1)c1cccc(-n2cccc2)c1. The number of nitrogens with one attached hydrogen (secondary N) is 1. The van der Waals surface area contributed by atoms with Crippen molar-refractivity contribution in [2.45, 2.75) is 13.0 Å². The fraction of sp³-hybridized carbons (Fsp3) is 0.150. The highest BCUT2D eigenvalue weighted by molar-refractivity contribution is 5.94. The van der Waals surface area contributed by atoms with Gasteiger partial charge in [-0.1, -0.05) is 30.3 Å². The summed E-state index contributed by atoms with van der Waals surface area (Å²) in [7, 11) is 0. The van der Waals surface area contributed by atoms with E-state index >= 15 is 0 Å². The average molecular weight is 320 g/mol.